The molecule has 37 heavy (non-hydrogen) atoms. The predicted molar refractivity (Wildman–Crippen MR) is 149 cm³/mol. The molecule has 0 spiro atoms. The van der Waals surface area contributed by atoms with Gasteiger partial charge in [-0.25, -0.2) is 4.79 Å². The number of aliphatic hydroxyl groups excluding tert-OH is 1. The smallest absolute Gasteiger partial charge is 0.317 e. The number of nitrogens with one attached hydrogen (secondary N) is 2. The third kappa shape index (κ3) is 8.82. The second kappa shape index (κ2) is 15.3. The Morgan fingerprint density at radius 1 is 1.22 bits per heavy atom. The molecular weight excluding hydrogens is 490 g/mol. The lowest BCUT2D eigenvalue weighted by Crippen LogP contribution is -2.55. The van der Waals surface area contributed by atoms with Gasteiger partial charge in [0.2, 0.25) is 0 Å². The van der Waals surface area contributed by atoms with E-state index in [2.05, 4.69) is 10.6 Å². The van der Waals surface area contributed by atoms with Gasteiger partial charge in [-0.1, -0.05) is 55.8 Å². The van der Waals surface area contributed by atoms with E-state index in [4.69, 9.17) is 16.3 Å². The molecule has 0 bridgehead atoms. The average Bonchev–Trinajstić information content (AvgIpc) is 2.91. The van der Waals surface area contributed by atoms with Crippen LogP contribution in [0.5, 0.6) is 0 Å². The van der Waals surface area contributed by atoms with Gasteiger partial charge in [-0.15, -0.1) is 0 Å². The minimum absolute atomic E-state index is 0.105. The number of hydrogen-bond donors (Lipinski definition) is 4. The number of rotatable bonds is 13. The first-order chi connectivity index (χ1) is 17.9. The van der Waals surface area contributed by atoms with Crippen LogP contribution in [-0.2, 0) is 10.3 Å². The number of ether oxygens (including phenoxy) is 1. The monoisotopic (exact) mass is 537 g/mol. The van der Waals surface area contributed by atoms with E-state index < -0.39 is 11.7 Å². The molecular formula is C29H48ClN3O4. The van der Waals surface area contributed by atoms with Crippen molar-refractivity contribution in [2.24, 2.45) is 11.8 Å². The summed E-state index contributed by atoms with van der Waals surface area (Å²) in [6.45, 7) is 2.21. The van der Waals surface area contributed by atoms with Gasteiger partial charge in [0.25, 0.3) is 0 Å². The highest BCUT2D eigenvalue weighted by molar-refractivity contribution is 6.30. The molecule has 8 heteroatoms. The molecule has 2 aliphatic rings. The molecule has 1 aromatic rings. The van der Waals surface area contributed by atoms with Gasteiger partial charge in [-0.2, -0.15) is 0 Å². The number of unbranched alkanes of at least 4 members (excludes halogenated alkanes) is 1. The summed E-state index contributed by atoms with van der Waals surface area (Å²) in [5.41, 5.74) is -0.269. The fourth-order valence-electron chi connectivity index (χ4n) is 6.23. The summed E-state index contributed by atoms with van der Waals surface area (Å²) in [4.78, 5) is 15.3. The fourth-order valence-corrected chi connectivity index (χ4v) is 6.42. The molecule has 1 heterocycles. The van der Waals surface area contributed by atoms with Crippen molar-refractivity contribution in [2.45, 2.75) is 88.4 Å². The van der Waals surface area contributed by atoms with Crippen LogP contribution in [-0.4, -0.2) is 73.7 Å². The van der Waals surface area contributed by atoms with Crippen LogP contribution in [0, 0.1) is 11.8 Å². The minimum atomic E-state index is -1.08. The average molecular weight is 538 g/mol. The van der Waals surface area contributed by atoms with Crippen LogP contribution >= 0.6 is 11.6 Å². The number of carbonyl (C=O) groups is 1. The van der Waals surface area contributed by atoms with Gasteiger partial charge in [-0.3, -0.25) is 0 Å². The number of methoxy groups -OCH3 is 1. The number of aliphatic hydroxyl groups is 2. The number of nitrogens with zero attached hydrogens (tertiary/aromatic N) is 1. The Morgan fingerprint density at radius 3 is 2.70 bits per heavy atom. The van der Waals surface area contributed by atoms with Crippen LogP contribution in [0.15, 0.2) is 24.3 Å². The van der Waals surface area contributed by atoms with Crippen molar-refractivity contribution >= 4 is 17.6 Å². The molecule has 1 aliphatic heterocycles. The molecule has 4 atom stereocenters. The summed E-state index contributed by atoms with van der Waals surface area (Å²) < 4.78 is 5.21. The summed E-state index contributed by atoms with van der Waals surface area (Å²) in [7, 11) is 3.51. The lowest BCUT2D eigenvalue weighted by Gasteiger charge is -2.43. The van der Waals surface area contributed by atoms with E-state index in [1.54, 1.807) is 7.11 Å². The maximum absolute atomic E-state index is 13.5. The predicted octanol–water partition coefficient (Wildman–Crippen LogP) is 4.69. The van der Waals surface area contributed by atoms with Crippen molar-refractivity contribution < 1.29 is 19.7 Å². The number of carbonyl (C=O) groups excluding carboxylic acids is 1. The summed E-state index contributed by atoms with van der Waals surface area (Å²) >= 11 is 6.31. The van der Waals surface area contributed by atoms with Gasteiger partial charge in [0.05, 0.1) is 17.7 Å². The first-order valence-corrected chi connectivity index (χ1v) is 14.6. The molecule has 3 rings (SSSR count). The van der Waals surface area contributed by atoms with E-state index >= 15 is 0 Å². The normalized spacial score (nSPS) is 22.3. The van der Waals surface area contributed by atoms with Gasteiger partial charge in [0, 0.05) is 44.3 Å². The molecule has 2 fully saturated rings. The standard InChI is InChI=1S/C29H48ClN3O4/c1-31-20-27(34)26(18-22-10-4-3-5-11-22)32-28(35)33-16-9-13-24(21-33)29(36,15-6-7-17-37-2)23-12-8-14-25(30)19-23/h8,12,14,19,22,24,26-27,31,34,36H,3-7,9-11,13,15-18,20-21H2,1-2H3,(H,32,35)/t24?,26-,27+,29+/m0/s1. The van der Waals surface area contributed by atoms with Crippen LogP contribution in [0.3, 0.4) is 0 Å². The third-order valence-electron chi connectivity index (χ3n) is 8.36. The number of urea groups is 1. The molecule has 1 saturated heterocycles. The Bertz CT molecular complexity index is 822. The molecule has 2 amide bonds. The number of halogens is 1. The van der Waals surface area contributed by atoms with Crippen molar-refractivity contribution in [2.75, 3.05) is 40.4 Å². The van der Waals surface area contributed by atoms with E-state index in [1.165, 1.54) is 32.1 Å². The van der Waals surface area contributed by atoms with E-state index in [1.807, 2.05) is 36.2 Å². The first kappa shape index (κ1) is 30.2. The molecule has 0 aromatic heterocycles. The zero-order chi connectivity index (χ0) is 26.7. The van der Waals surface area contributed by atoms with Crippen LogP contribution in [0.2, 0.25) is 5.02 Å². The Kier molecular flexibility index (Phi) is 12.5. The number of benzene rings is 1. The van der Waals surface area contributed by atoms with E-state index in [0.717, 1.165) is 37.7 Å². The Labute approximate surface area is 228 Å². The van der Waals surface area contributed by atoms with E-state index in [-0.39, 0.29) is 18.0 Å². The zero-order valence-corrected chi connectivity index (χ0v) is 23.5. The largest absolute Gasteiger partial charge is 0.390 e. The summed E-state index contributed by atoms with van der Waals surface area (Å²) in [6.07, 6.45) is 10.2. The Morgan fingerprint density at radius 2 is 2.00 bits per heavy atom. The van der Waals surface area contributed by atoms with Crippen molar-refractivity contribution in [3.63, 3.8) is 0 Å². The number of likely N-dealkylation sites (tertiary alicyclic amines) is 1. The Balaban J connectivity index is 1.71. The highest BCUT2D eigenvalue weighted by atomic mass is 35.5. The van der Waals surface area contributed by atoms with Crippen LogP contribution in [0.4, 0.5) is 4.79 Å². The maximum Gasteiger partial charge on any atom is 0.317 e. The van der Waals surface area contributed by atoms with Crippen molar-refractivity contribution in [1.82, 2.24) is 15.5 Å². The fraction of sp³-hybridized carbons (Fsp3) is 0.759. The maximum atomic E-state index is 13.5. The molecule has 0 radical (unpaired) electrons. The van der Waals surface area contributed by atoms with Crippen molar-refractivity contribution in [3.05, 3.63) is 34.9 Å². The summed E-state index contributed by atoms with van der Waals surface area (Å²) in [6, 6.07) is 7.06. The van der Waals surface area contributed by atoms with Crippen molar-refractivity contribution in [1.29, 1.82) is 0 Å². The number of hydrogen-bond acceptors (Lipinski definition) is 5. The van der Waals surface area contributed by atoms with Gasteiger partial charge in [-0.05, 0) is 69.2 Å². The zero-order valence-electron chi connectivity index (χ0n) is 22.8. The van der Waals surface area contributed by atoms with Gasteiger partial charge in [0.1, 0.15) is 0 Å². The van der Waals surface area contributed by atoms with Gasteiger partial charge < -0.3 is 30.5 Å². The molecule has 1 aromatic carbocycles. The summed E-state index contributed by atoms with van der Waals surface area (Å²) in [5.74, 6) is 0.437. The molecule has 210 valence electrons. The van der Waals surface area contributed by atoms with Crippen LogP contribution in [0.1, 0.15) is 76.2 Å². The quantitative estimate of drug-likeness (QED) is 0.274. The van der Waals surface area contributed by atoms with Gasteiger partial charge >= 0.3 is 6.03 Å². The molecule has 7 nitrogen and oxygen atoms in total. The topological polar surface area (TPSA) is 94.1 Å². The molecule has 1 aliphatic carbocycles. The summed E-state index contributed by atoms with van der Waals surface area (Å²) in [5, 5.41) is 29.7. The SMILES string of the molecule is CNC[C@@H](O)[C@H](CC1CCCCC1)NC(=O)N1CCCC([C@@](O)(CCCCOC)c2cccc(Cl)c2)C1. The van der Waals surface area contributed by atoms with Crippen molar-refractivity contribution in [3.8, 4) is 0 Å². The lowest BCUT2D eigenvalue weighted by molar-refractivity contribution is -0.0566. The second-order valence-corrected chi connectivity index (χ2v) is 11.5. The van der Waals surface area contributed by atoms with Gasteiger partial charge in [0.15, 0.2) is 0 Å². The van der Waals surface area contributed by atoms with E-state index in [0.29, 0.717) is 43.6 Å². The minimum Gasteiger partial charge on any atom is -0.390 e. The van der Waals surface area contributed by atoms with Crippen LogP contribution < -0.4 is 10.6 Å². The van der Waals surface area contributed by atoms with Crippen LogP contribution in [0.25, 0.3) is 0 Å². The third-order valence-corrected chi connectivity index (χ3v) is 8.60. The first-order valence-electron chi connectivity index (χ1n) is 14.2. The lowest BCUT2D eigenvalue weighted by atomic mass is 9.74. The van der Waals surface area contributed by atoms with E-state index in [9.17, 15) is 15.0 Å². The number of amides is 2. The molecule has 1 unspecified atom stereocenters. The molecule has 4 N–H and O–H groups in total. The number of piperidine rings is 1. The highest BCUT2D eigenvalue weighted by Gasteiger charge is 2.41. The number of likely N-dealkylation sites (N-methyl/N-ethyl adjacent to an activating group) is 1. The highest BCUT2D eigenvalue weighted by Crippen LogP contribution is 2.40. The molecule has 1 saturated carbocycles. The Hall–Kier alpha value is -1.38. The second-order valence-electron chi connectivity index (χ2n) is 11.1.